The van der Waals surface area contributed by atoms with Gasteiger partial charge in [-0.3, -0.25) is 0 Å². The van der Waals surface area contributed by atoms with Crippen LogP contribution in [-0.4, -0.2) is 60.7 Å². The zero-order valence-electron chi connectivity index (χ0n) is 15.1. The Bertz CT molecular complexity index is 830. The zero-order valence-corrected chi connectivity index (χ0v) is 15.8. The van der Waals surface area contributed by atoms with Crippen molar-refractivity contribution in [3.8, 4) is 5.75 Å². The third-order valence-electron chi connectivity index (χ3n) is 5.89. The van der Waals surface area contributed by atoms with Crippen LogP contribution in [0.4, 0.5) is 0 Å². The molecule has 144 valence electrons. The molecule has 7 nitrogen and oxygen atoms in total. The summed E-state index contributed by atoms with van der Waals surface area (Å²) >= 11 is 5.99. The third-order valence-corrected chi connectivity index (χ3v) is 6.12. The maximum atomic E-state index is 11.1. The van der Waals surface area contributed by atoms with E-state index >= 15 is 0 Å². The van der Waals surface area contributed by atoms with Gasteiger partial charge in [-0.2, -0.15) is 0 Å². The summed E-state index contributed by atoms with van der Waals surface area (Å²) in [6.07, 6.45) is 0.406. The Labute approximate surface area is 156 Å². The molecule has 5 atom stereocenters. The predicted molar refractivity (Wildman–Crippen MR) is 96.2 cm³/mol. The van der Waals surface area contributed by atoms with E-state index in [1.165, 1.54) is 27.7 Å². The van der Waals surface area contributed by atoms with Gasteiger partial charge < -0.3 is 34.9 Å². The van der Waals surface area contributed by atoms with Gasteiger partial charge in [0.15, 0.2) is 5.60 Å². The predicted octanol–water partition coefficient (Wildman–Crippen LogP) is 1.56. The highest BCUT2D eigenvalue weighted by Gasteiger charge is 2.71. The van der Waals surface area contributed by atoms with Crippen LogP contribution >= 0.6 is 11.6 Å². The first-order chi connectivity index (χ1) is 11.9. The van der Waals surface area contributed by atoms with Crippen LogP contribution in [0, 0.1) is 0 Å². The number of nitrogens with one attached hydrogen (secondary N) is 1. The number of aliphatic hydroxyl groups is 4. The second kappa shape index (κ2) is 5.82. The van der Waals surface area contributed by atoms with E-state index in [0.717, 1.165) is 5.52 Å². The molecule has 0 saturated carbocycles. The fourth-order valence-electron chi connectivity index (χ4n) is 3.45. The molecule has 0 radical (unpaired) electrons. The van der Waals surface area contributed by atoms with E-state index < -0.39 is 35.3 Å². The van der Waals surface area contributed by atoms with Crippen molar-refractivity contribution in [3.05, 3.63) is 29.4 Å². The van der Waals surface area contributed by atoms with E-state index in [9.17, 15) is 20.4 Å². The van der Waals surface area contributed by atoms with E-state index in [0.29, 0.717) is 16.2 Å². The Morgan fingerprint density at radius 3 is 2.42 bits per heavy atom. The summed E-state index contributed by atoms with van der Waals surface area (Å²) in [7, 11) is 0. The topological polar surface area (TPSA) is 115 Å². The summed E-state index contributed by atoms with van der Waals surface area (Å²) in [6.45, 7) is 4.79. The summed E-state index contributed by atoms with van der Waals surface area (Å²) in [5.41, 5.74) is -5.26. The maximum Gasteiger partial charge on any atom is 0.239 e. The van der Waals surface area contributed by atoms with Crippen LogP contribution in [0.3, 0.4) is 0 Å². The highest BCUT2D eigenvalue weighted by molar-refractivity contribution is 6.31. The van der Waals surface area contributed by atoms with Crippen molar-refractivity contribution >= 4 is 22.5 Å². The SMILES string of the molecule is C[C@@]1(Oc2c[nH]c3cc(Cl)ccc23)O[C@@H](CO)[C@](C)(O)[C@](C)(O)[C@]1(C)O. The number of aromatic amines is 1. The second-order valence-electron chi connectivity index (χ2n) is 7.47. The molecule has 1 aliphatic rings. The number of fused-ring (bicyclic) bond motifs is 1. The van der Waals surface area contributed by atoms with Gasteiger partial charge in [0.2, 0.25) is 5.79 Å². The van der Waals surface area contributed by atoms with Crippen LogP contribution in [0.15, 0.2) is 24.4 Å². The van der Waals surface area contributed by atoms with Crippen molar-refractivity contribution in [3.63, 3.8) is 0 Å². The number of hydrogen-bond donors (Lipinski definition) is 5. The largest absolute Gasteiger partial charge is 0.457 e. The van der Waals surface area contributed by atoms with Crippen LogP contribution in [-0.2, 0) is 4.74 Å². The van der Waals surface area contributed by atoms with Crippen LogP contribution < -0.4 is 4.74 Å². The van der Waals surface area contributed by atoms with Crippen molar-refractivity contribution in [2.75, 3.05) is 6.61 Å². The highest BCUT2D eigenvalue weighted by Crippen LogP contribution is 2.50. The van der Waals surface area contributed by atoms with E-state index in [4.69, 9.17) is 21.1 Å². The monoisotopic (exact) mass is 385 g/mol. The number of H-pyrrole nitrogens is 1. The van der Waals surface area contributed by atoms with Crippen molar-refractivity contribution in [2.45, 2.75) is 56.4 Å². The lowest BCUT2D eigenvalue weighted by Gasteiger charge is -2.61. The molecule has 0 aliphatic carbocycles. The number of halogens is 1. The molecule has 0 spiro atoms. The molecule has 0 unspecified atom stereocenters. The lowest BCUT2D eigenvalue weighted by Crippen LogP contribution is -2.82. The number of rotatable bonds is 3. The molecule has 26 heavy (non-hydrogen) atoms. The van der Waals surface area contributed by atoms with Gasteiger partial charge in [-0.25, -0.2) is 0 Å². The fourth-order valence-corrected chi connectivity index (χ4v) is 3.63. The summed E-state index contributed by atoms with van der Waals surface area (Å²) in [5.74, 6) is -1.39. The standard InChI is InChI=1S/C18H24ClNO6/c1-15(22)14(9-21)26-18(4,17(3,24)16(15,2)23)25-13-8-20-12-7-10(19)5-6-11(12)13/h5-8,14,20-24H,9H2,1-4H3/t14-,15-,16-,17-,18+/m0/s1. The summed E-state index contributed by atoms with van der Waals surface area (Å²) in [6, 6.07) is 5.18. The molecule has 8 heteroatoms. The minimum atomic E-state index is -2.05. The third kappa shape index (κ3) is 2.46. The first-order valence-corrected chi connectivity index (χ1v) is 8.66. The number of aliphatic hydroxyl groups excluding tert-OH is 1. The minimum absolute atomic E-state index is 0.369. The summed E-state index contributed by atoms with van der Waals surface area (Å²) in [5, 5.41) is 43.6. The number of ether oxygens (including phenoxy) is 2. The van der Waals surface area contributed by atoms with Gasteiger partial charge in [0.25, 0.3) is 0 Å². The van der Waals surface area contributed by atoms with E-state index in [-0.39, 0.29) is 0 Å². The van der Waals surface area contributed by atoms with Gasteiger partial charge >= 0.3 is 0 Å². The molecule has 1 fully saturated rings. The van der Waals surface area contributed by atoms with Gasteiger partial charge in [-0.15, -0.1) is 0 Å². The molecule has 0 bridgehead atoms. The Balaban J connectivity index is 2.06. The first kappa shape index (κ1) is 19.4. The first-order valence-electron chi connectivity index (χ1n) is 8.29. The molecular formula is C18H24ClNO6. The molecule has 1 aliphatic heterocycles. The fraction of sp³-hybridized carbons (Fsp3) is 0.556. The number of aromatic nitrogens is 1. The molecule has 1 aromatic carbocycles. The minimum Gasteiger partial charge on any atom is -0.457 e. The molecule has 2 heterocycles. The van der Waals surface area contributed by atoms with Gasteiger partial charge in [-0.05, 0) is 39.0 Å². The molecular weight excluding hydrogens is 362 g/mol. The molecule has 1 saturated heterocycles. The van der Waals surface area contributed by atoms with Crippen LogP contribution in [0.5, 0.6) is 5.75 Å². The molecule has 1 aromatic heterocycles. The summed E-state index contributed by atoms with van der Waals surface area (Å²) in [4.78, 5) is 3.02. The summed E-state index contributed by atoms with van der Waals surface area (Å²) < 4.78 is 11.7. The van der Waals surface area contributed by atoms with Gasteiger partial charge in [0.05, 0.1) is 12.1 Å². The van der Waals surface area contributed by atoms with Gasteiger partial charge in [0.1, 0.15) is 23.1 Å². The number of hydrogen-bond acceptors (Lipinski definition) is 6. The van der Waals surface area contributed by atoms with E-state index in [1.807, 2.05) is 0 Å². The van der Waals surface area contributed by atoms with Crippen molar-refractivity contribution in [1.29, 1.82) is 0 Å². The van der Waals surface area contributed by atoms with E-state index in [2.05, 4.69) is 4.98 Å². The molecule has 0 amide bonds. The van der Waals surface area contributed by atoms with Gasteiger partial charge in [0, 0.05) is 23.5 Å². The quantitative estimate of drug-likeness (QED) is 0.547. The Morgan fingerprint density at radius 2 is 1.81 bits per heavy atom. The van der Waals surface area contributed by atoms with Crippen LogP contribution in [0.2, 0.25) is 5.02 Å². The number of benzene rings is 1. The molecule has 5 N–H and O–H groups in total. The molecule has 3 rings (SSSR count). The van der Waals surface area contributed by atoms with Crippen molar-refractivity contribution in [1.82, 2.24) is 4.98 Å². The van der Waals surface area contributed by atoms with Crippen molar-refractivity contribution < 1.29 is 29.9 Å². The second-order valence-corrected chi connectivity index (χ2v) is 7.91. The lowest BCUT2D eigenvalue weighted by molar-refractivity contribution is -0.415. The lowest BCUT2D eigenvalue weighted by atomic mass is 9.65. The highest BCUT2D eigenvalue weighted by atomic mass is 35.5. The maximum absolute atomic E-state index is 11.1. The average molecular weight is 386 g/mol. The Kier molecular flexibility index (Phi) is 4.35. The Hall–Kier alpha value is -1.35. The van der Waals surface area contributed by atoms with Gasteiger partial charge in [-0.1, -0.05) is 11.6 Å². The average Bonchev–Trinajstić information content (AvgIpc) is 2.92. The van der Waals surface area contributed by atoms with E-state index in [1.54, 1.807) is 24.4 Å². The zero-order chi connectivity index (χ0) is 19.5. The smallest absolute Gasteiger partial charge is 0.239 e. The molecule has 2 aromatic rings. The van der Waals surface area contributed by atoms with Crippen LogP contribution in [0.25, 0.3) is 10.9 Å². The van der Waals surface area contributed by atoms with Crippen LogP contribution in [0.1, 0.15) is 27.7 Å². The normalized spacial score (nSPS) is 40.7. The van der Waals surface area contributed by atoms with Crippen molar-refractivity contribution in [2.24, 2.45) is 0 Å². The Morgan fingerprint density at radius 1 is 1.15 bits per heavy atom.